The average Bonchev–Trinajstić information content (AvgIpc) is 1.31. The zero-order chi connectivity index (χ0) is 6.08. The van der Waals surface area contributed by atoms with Crippen LogP contribution < -0.4 is 0 Å². The minimum atomic E-state index is -1.96. The fourth-order valence-electron chi connectivity index (χ4n) is 0. The van der Waals surface area contributed by atoms with Gasteiger partial charge in [-0.15, -0.1) is 0 Å². The summed E-state index contributed by atoms with van der Waals surface area (Å²) in [6.45, 7) is 0. The van der Waals surface area contributed by atoms with Crippen LogP contribution in [0.3, 0.4) is 0 Å². The molecule has 0 fully saturated rings. The van der Waals surface area contributed by atoms with Crippen molar-refractivity contribution in [2.45, 2.75) is 3.79 Å². The topological polar surface area (TPSA) is 48.6 Å². The molecule has 0 bridgehead atoms. The number of halogens is 4. The van der Waals surface area contributed by atoms with Gasteiger partial charge in [-0.25, -0.2) is 0 Å². The third-order valence-corrected chi connectivity index (χ3v) is 1.31. The third-order valence-electron chi connectivity index (χ3n) is 0.223. The molecule has 2 N–H and O–H groups in total. The molecular formula is C2H2Cl4O2. The predicted molar refractivity (Wildman–Crippen MR) is 34.8 cm³/mol. The summed E-state index contributed by atoms with van der Waals surface area (Å²) >= 11 is 19.5. The highest BCUT2D eigenvalue weighted by molar-refractivity contribution is 6.88. The van der Waals surface area contributed by atoms with Crippen molar-refractivity contribution in [3.63, 3.8) is 0 Å². The highest BCUT2D eigenvalue weighted by Gasteiger charge is 2.27. The standard InChI is InChI=1S/C2Cl4O.H2O/c3-1(7)2(4,5)6;/h;1H2. The van der Waals surface area contributed by atoms with Gasteiger partial charge in [-0.05, 0) is 11.6 Å². The van der Waals surface area contributed by atoms with Gasteiger partial charge >= 0.3 is 0 Å². The molecule has 0 aliphatic carbocycles. The van der Waals surface area contributed by atoms with E-state index in [0.717, 1.165) is 0 Å². The Morgan fingerprint density at radius 1 is 1.25 bits per heavy atom. The van der Waals surface area contributed by atoms with Crippen LogP contribution >= 0.6 is 46.4 Å². The van der Waals surface area contributed by atoms with Crippen LogP contribution in [0.1, 0.15) is 0 Å². The lowest BCUT2D eigenvalue weighted by Gasteiger charge is -1.99. The fraction of sp³-hybridized carbons (Fsp3) is 0.500. The molecule has 2 nitrogen and oxygen atoms in total. The molecule has 0 aliphatic heterocycles. The lowest BCUT2D eigenvalue weighted by Crippen LogP contribution is -2.10. The summed E-state index contributed by atoms with van der Waals surface area (Å²) in [7, 11) is 0. The summed E-state index contributed by atoms with van der Waals surface area (Å²) in [6.07, 6.45) is 0. The van der Waals surface area contributed by atoms with E-state index in [1.165, 1.54) is 0 Å². The molecule has 0 saturated heterocycles. The highest BCUT2D eigenvalue weighted by Crippen LogP contribution is 2.28. The lowest BCUT2D eigenvalue weighted by molar-refractivity contribution is -0.110. The Morgan fingerprint density at radius 2 is 1.38 bits per heavy atom. The van der Waals surface area contributed by atoms with Crippen molar-refractivity contribution >= 4 is 51.6 Å². The Balaban J connectivity index is 0. The number of alkyl halides is 3. The molecule has 0 atom stereocenters. The lowest BCUT2D eigenvalue weighted by atomic mass is 10.9. The Labute approximate surface area is 66.0 Å². The van der Waals surface area contributed by atoms with Gasteiger partial charge in [-0.1, -0.05) is 34.8 Å². The Bertz CT molecular complexity index is 84.5. The van der Waals surface area contributed by atoms with E-state index < -0.39 is 9.03 Å². The van der Waals surface area contributed by atoms with Crippen LogP contribution in [0.2, 0.25) is 0 Å². The third kappa shape index (κ3) is 4.94. The zero-order valence-electron chi connectivity index (χ0n) is 3.42. The van der Waals surface area contributed by atoms with Gasteiger partial charge in [0, 0.05) is 0 Å². The number of carbonyl (C=O) groups is 1. The van der Waals surface area contributed by atoms with Crippen LogP contribution in [0.25, 0.3) is 0 Å². The van der Waals surface area contributed by atoms with Crippen LogP contribution in [0, 0.1) is 0 Å². The minimum absolute atomic E-state index is 0. The second-order valence-corrected chi connectivity index (χ2v) is 3.40. The normalized spacial score (nSPS) is 10.0. The molecular weight excluding hydrogens is 198 g/mol. The van der Waals surface area contributed by atoms with Crippen molar-refractivity contribution in [2.24, 2.45) is 0 Å². The van der Waals surface area contributed by atoms with Crippen LogP contribution in [-0.4, -0.2) is 14.5 Å². The minimum Gasteiger partial charge on any atom is -0.412 e. The van der Waals surface area contributed by atoms with E-state index in [0.29, 0.717) is 0 Å². The molecule has 8 heavy (non-hydrogen) atoms. The second-order valence-electron chi connectivity index (χ2n) is 0.771. The maximum absolute atomic E-state index is 9.83. The van der Waals surface area contributed by atoms with E-state index >= 15 is 0 Å². The van der Waals surface area contributed by atoms with Crippen LogP contribution in [0.5, 0.6) is 0 Å². The van der Waals surface area contributed by atoms with Crippen LogP contribution in [-0.2, 0) is 4.79 Å². The Kier molecular flexibility index (Phi) is 5.42. The zero-order valence-corrected chi connectivity index (χ0v) is 6.44. The summed E-state index contributed by atoms with van der Waals surface area (Å²) in [5.74, 6) is 0. The van der Waals surface area contributed by atoms with Crippen molar-refractivity contribution < 1.29 is 10.3 Å². The van der Waals surface area contributed by atoms with Gasteiger partial charge in [0.05, 0.1) is 0 Å². The first kappa shape index (κ1) is 11.6. The van der Waals surface area contributed by atoms with E-state index in [-0.39, 0.29) is 5.48 Å². The van der Waals surface area contributed by atoms with Gasteiger partial charge in [-0.2, -0.15) is 0 Å². The largest absolute Gasteiger partial charge is 0.412 e. The van der Waals surface area contributed by atoms with Crippen molar-refractivity contribution in [1.82, 2.24) is 0 Å². The average molecular weight is 200 g/mol. The first-order valence-electron chi connectivity index (χ1n) is 1.21. The molecule has 0 aromatic heterocycles. The first-order chi connectivity index (χ1) is 2.94. The SMILES string of the molecule is O.O=C(Cl)C(Cl)(Cl)Cl. The van der Waals surface area contributed by atoms with E-state index in [1.54, 1.807) is 0 Å². The maximum atomic E-state index is 9.83. The summed E-state index contributed by atoms with van der Waals surface area (Å²) in [5, 5.41) is -0.988. The smallest absolute Gasteiger partial charge is 0.273 e. The van der Waals surface area contributed by atoms with Gasteiger partial charge < -0.3 is 5.48 Å². The number of carbonyl (C=O) groups excluding carboxylic acids is 1. The van der Waals surface area contributed by atoms with E-state index in [9.17, 15) is 4.79 Å². The van der Waals surface area contributed by atoms with Crippen LogP contribution in [0.4, 0.5) is 0 Å². The van der Waals surface area contributed by atoms with E-state index in [4.69, 9.17) is 46.4 Å². The van der Waals surface area contributed by atoms with Crippen LogP contribution in [0.15, 0.2) is 0 Å². The fourth-order valence-corrected chi connectivity index (χ4v) is 0. The molecule has 0 heterocycles. The predicted octanol–water partition coefficient (Wildman–Crippen LogP) is 1.30. The molecule has 0 aromatic rings. The molecule has 0 aromatic carbocycles. The highest BCUT2D eigenvalue weighted by atomic mass is 35.6. The van der Waals surface area contributed by atoms with Gasteiger partial charge in [0.15, 0.2) is 0 Å². The van der Waals surface area contributed by atoms with Gasteiger partial charge in [0.2, 0.25) is 0 Å². The van der Waals surface area contributed by atoms with E-state index in [1.807, 2.05) is 0 Å². The number of hydrogen-bond acceptors (Lipinski definition) is 1. The molecule has 0 saturated carbocycles. The summed E-state index contributed by atoms with van der Waals surface area (Å²) in [5.41, 5.74) is 0. The number of hydrogen-bond donors (Lipinski definition) is 0. The Hall–Kier alpha value is 0.790. The molecule has 0 rings (SSSR count). The van der Waals surface area contributed by atoms with E-state index in [2.05, 4.69) is 0 Å². The van der Waals surface area contributed by atoms with Gasteiger partial charge in [0.25, 0.3) is 9.03 Å². The first-order valence-corrected chi connectivity index (χ1v) is 2.72. The second kappa shape index (κ2) is 3.75. The molecule has 0 amide bonds. The number of rotatable bonds is 0. The summed E-state index contributed by atoms with van der Waals surface area (Å²) in [6, 6.07) is 0. The van der Waals surface area contributed by atoms with Crippen molar-refractivity contribution in [1.29, 1.82) is 0 Å². The van der Waals surface area contributed by atoms with Gasteiger partial charge in [0.1, 0.15) is 0 Å². The summed E-state index contributed by atoms with van der Waals surface area (Å²) in [4.78, 5) is 9.83. The van der Waals surface area contributed by atoms with Crippen molar-refractivity contribution in [2.75, 3.05) is 0 Å². The quantitative estimate of drug-likeness (QED) is 0.429. The summed E-state index contributed by atoms with van der Waals surface area (Å²) < 4.78 is -1.96. The molecule has 6 heteroatoms. The monoisotopic (exact) mass is 198 g/mol. The molecule has 0 aliphatic rings. The molecule has 0 radical (unpaired) electrons. The Morgan fingerprint density at radius 3 is 1.38 bits per heavy atom. The van der Waals surface area contributed by atoms with Crippen molar-refractivity contribution in [3.05, 3.63) is 0 Å². The molecule has 50 valence electrons. The maximum Gasteiger partial charge on any atom is 0.273 e. The molecule has 0 unspecified atom stereocenters. The van der Waals surface area contributed by atoms with Gasteiger partial charge in [-0.3, -0.25) is 4.79 Å². The van der Waals surface area contributed by atoms with Crippen molar-refractivity contribution in [3.8, 4) is 0 Å². The molecule has 0 spiro atoms.